The van der Waals surface area contributed by atoms with Gasteiger partial charge >= 0.3 is 6.03 Å². The first-order valence-electron chi connectivity index (χ1n) is 6.60. The van der Waals surface area contributed by atoms with Crippen molar-refractivity contribution in [3.8, 4) is 0 Å². The maximum absolute atomic E-state index is 12.2. The number of rotatable bonds is 6. The Hall–Kier alpha value is -1.63. The minimum atomic E-state index is -0.825. The van der Waals surface area contributed by atoms with Crippen LogP contribution in [0.5, 0.6) is 0 Å². The summed E-state index contributed by atoms with van der Waals surface area (Å²) < 4.78 is 0. The molecule has 0 aromatic rings. The van der Waals surface area contributed by atoms with Gasteiger partial charge in [0.15, 0.2) is 0 Å². The summed E-state index contributed by atoms with van der Waals surface area (Å²) in [4.78, 5) is 36.7. The third-order valence-electron chi connectivity index (χ3n) is 3.70. The topological polar surface area (TPSA) is 105 Å². The Morgan fingerprint density at radius 3 is 2.79 bits per heavy atom. The molecule has 2 rings (SSSR count). The third kappa shape index (κ3) is 2.70. The predicted octanol–water partition coefficient (Wildman–Crippen LogP) is -0.828. The molecule has 7 heteroatoms. The average molecular weight is 268 g/mol. The van der Waals surface area contributed by atoms with Gasteiger partial charge in [-0.3, -0.25) is 14.5 Å². The summed E-state index contributed by atoms with van der Waals surface area (Å²) in [7, 11) is 0. The van der Waals surface area contributed by atoms with Gasteiger partial charge in [-0.25, -0.2) is 4.79 Å². The molecule has 0 spiro atoms. The molecule has 106 valence electrons. The van der Waals surface area contributed by atoms with Crippen molar-refractivity contribution in [3.63, 3.8) is 0 Å². The fourth-order valence-electron chi connectivity index (χ4n) is 2.33. The van der Waals surface area contributed by atoms with E-state index in [1.165, 1.54) is 0 Å². The van der Waals surface area contributed by atoms with E-state index in [2.05, 4.69) is 10.6 Å². The molecule has 1 aliphatic heterocycles. The summed E-state index contributed by atoms with van der Waals surface area (Å²) in [6.07, 6.45) is 2.56. The minimum Gasteiger partial charge on any atom is -0.354 e. The molecule has 0 bridgehead atoms. The number of urea groups is 1. The largest absolute Gasteiger partial charge is 0.354 e. The molecule has 1 saturated heterocycles. The lowest BCUT2D eigenvalue weighted by Crippen LogP contribution is -2.47. The molecule has 4 N–H and O–H groups in total. The van der Waals surface area contributed by atoms with Crippen LogP contribution in [0.15, 0.2) is 0 Å². The SMILES string of the molecule is CC1(C2CC2)NC(=O)N(CC(=O)NCCCN)C1=O. The van der Waals surface area contributed by atoms with Crippen LogP contribution in [0.4, 0.5) is 4.79 Å². The van der Waals surface area contributed by atoms with Crippen molar-refractivity contribution < 1.29 is 14.4 Å². The van der Waals surface area contributed by atoms with Crippen LogP contribution < -0.4 is 16.4 Å². The number of hydrogen-bond donors (Lipinski definition) is 3. The van der Waals surface area contributed by atoms with Crippen molar-refractivity contribution in [2.24, 2.45) is 11.7 Å². The van der Waals surface area contributed by atoms with Crippen LogP contribution in [0.1, 0.15) is 26.2 Å². The zero-order valence-corrected chi connectivity index (χ0v) is 11.1. The first-order chi connectivity index (χ1) is 8.99. The highest BCUT2D eigenvalue weighted by Gasteiger charge is 2.56. The van der Waals surface area contributed by atoms with Gasteiger partial charge in [-0.1, -0.05) is 0 Å². The van der Waals surface area contributed by atoms with Crippen molar-refractivity contribution in [2.75, 3.05) is 19.6 Å². The number of hydrogen-bond acceptors (Lipinski definition) is 4. The number of nitrogens with one attached hydrogen (secondary N) is 2. The van der Waals surface area contributed by atoms with E-state index in [0.717, 1.165) is 17.7 Å². The second-order valence-corrected chi connectivity index (χ2v) is 5.29. The standard InChI is InChI=1S/C12H20N4O3/c1-12(8-3-4-8)10(18)16(11(19)15-12)7-9(17)14-6-2-5-13/h8H,2-7,13H2,1H3,(H,14,17)(H,15,19). The molecule has 0 radical (unpaired) electrons. The van der Waals surface area contributed by atoms with Crippen molar-refractivity contribution in [2.45, 2.75) is 31.7 Å². The van der Waals surface area contributed by atoms with E-state index in [0.29, 0.717) is 19.5 Å². The van der Waals surface area contributed by atoms with Gasteiger partial charge in [0.2, 0.25) is 5.91 Å². The van der Waals surface area contributed by atoms with Crippen molar-refractivity contribution in [1.82, 2.24) is 15.5 Å². The highest BCUT2D eigenvalue weighted by Crippen LogP contribution is 2.42. The van der Waals surface area contributed by atoms with Gasteiger partial charge in [0, 0.05) is 6.54 Å². The Morgan fingerprint density at radius 2 is 2.21 bits per heavy atom. The van der Waals surface area contributed by atoms with Gasteiger partial charge in [0.1, 0.15) is 12.1 Å². The number of carbonyl (C=O) groups excluding carboxylic acids is 3. The fourth-order valence-corrected chi connectivity index (χ4v) is 2.33. The van der Waals surface area contributed by atoms with Gasteiger partial charge in [0.25, 0.3) is 5.91 Å². The van der Waals surface area contributed by atoms with Crippen molar-refractivity contribution >= 4 is 17.8 Å². The first-order valence-corrected chi connectivity index (χ1v) is 6.60. The van der Waals surface area contributed by atoms with E-state index < -0.39 is 11.6 Å². The molecular weight excluding hydrogens is 248 g/mol. The van der Waals surface area contributed by atoms with Crippen LogP contribution in [0.3, 0.4) is 0 Å². The molecule has 4 amide bonds. The van der Waals surface area contributed by atoms with Crippen LogP contribution in [-0.4, -0.2) is 47.9 Å². The van der Waals surface area contributed by atoms with Crippen LogP contribution >= 0.6 is 0 Å². The molecule has 1 heterocycles. The summed E-state index contributed by atoms with van der Waals surface area (Å²) in [6, 6.07) is -0.478. The molecule has 7 nitrogen and oxygen atoms in total. The number of carbonyl (C=O) groups is 3. The zero-order valence-electron chi connectivity index (χ0n) is 11.1. The lowest BCUT2D eigenvalue weighted by atomic mass is 9.96. The minimum absolute atomic E-state index is 0.203. The Kier molecular flexibility index (Phi) is 3.75. The molecule has 1 aliphatic carbocycles. The summed E-state index contributed by atoms with van der Waals surface area (Å²) in [5.74, 6) is -0.430. The first kappa shape index (κ1) is 13.8. The van der Waals surface area contributed by atoms with Crippen LogP contribution in [0.2, 0.25) is 0 Å². The Labute approximate surface area is 111 Å². The van der Waals surface area contributed by atoms with Crippen molar-refractivity contribution in [1.29, 1.82) is 0 Å². The van der Waals surface area contributed by atoms with Gasteiger partial charge < -0.3 is 16.4 Å². The number of imide groups is 1. The monoisotopic (exact) mass is 268 g/mol. The summed E-state index contributed by atoms with van der Waals surface area (Å²) >= 11 is 0. The second kappa shape index (κ2) is 5.16. The van der Waals surface area contributed by atoms with E-state index in [-0.39, 0.29) is 24.3 Å². The van der Waals surface area contributed by atoms with E-state index in [1.807, 2.05) is 0 Å². The van der Waals surface area contributed by atoms with Crippen molar-refractivity contribution in [3.05, 3.63) is 0 Å². The molecule has 1 unspecified atom stereocenters. The zero-order chi connectivity index (χ0) is 14.0. The molecule has 0 aromatic carbocycles. The Morgan fingerprint density at radius 1 is 1.53 bits per heavy atom. The van der Waals surface area contributed by atoms with Crippen LogP contribution in [-0.2, 0) is 9.59 Å². The third-order valence-corrected chi connectivity index (χ3v) is 3.70. The summed E-state index contributed by atoms with van der Waals surface area (Å²) in [6.45, 7) is 2.46. The lowest BCUT2D eigenvalue weighted by molar-refractivity contribution is -0.135. The summed E-state index contributed by atoms with van der Waals surface area (Å²) in [5, 5.41) is 5.33. The summed E-state index contributed by atoms with van der Waals surface area (Å²) in [5.41, 5.74) is 4.49. The quantitative estimate of drug-likeness (QED) is 0.432. The molecule has 1 saturated carbocycles. The van der Waals surface area contributed by atoms with E-state index in [9.17, 15) is 14.4 Å². The maximum Gasteiger partial charge on any atom is 0.325 e. The molecule has 1 atom stereocenters. The highest BCUT2D eigenvalue weighted by molar-refractivity contribution is 6.09. The van der Waals surface area contributed by atoms with E-state index >= 15 is 0 Å². The molecule has 19 heavy (non-hydrogen) atoms. The van der Waals surface area contributed by atoms with Gasteiger partial charge in [-0.15, -0.1) is 0 Å². The highest BCUT2D eigenvalue weighted by atomic mass is 16.2. The Bertz CT molecular complexity index is 408. The number of nitrogens with two attached hydrogens (primary N) is 1. The predicted molar refractivity (Wildman–Crippen MR) is 68.1 cm³/mol. The number of nitrogens with zero attached hydrogens (tertiary/aromatic N) is 1. The van der Waals surface area contributed by atoms with Gasteiger partial charge in [-0.05, 0) is 38.6 Å². The Balaban J connectivity index is 1.91. The van der Waals surface area contributed by atoms with E-state index in [4.69, 9.17) is 5.73 Å². The lowest BCUT2D eigenvalue weighted by Gasteiger charge is -2.20. The fraction of sp³-hybridized carbons (Fsp3) is 0.750. The van der Waals surface area contributed by atoms with E-state index in [1.54, 1.807) is 6.92 Å². The molecular formula is C12H20N4O3. The molecule has 2 aliphatic rings. The normalized spacial score (nSPS) is 26.5. The second-order valence-electron chi connectivity index (χ2n) is 5.29. The van der Waals surface area contributed by atoms with Crippen LogP contribution in [0, 0.1) is 5.92 Å². The number of amides is 4. The molecule has 0 aromatic heterocycles. The maximum atomic E-state index is 12.2. The van der Waals surface area contributed by atoms with Gasteiger partial charge in [0.05, 0.1) is 0 Å². The van der Waals surface area contributed by atoms with Crippen LogP contribution in [0.25, 0.3) is 0 Å². The smallest absolute Gasteiger partial charge is 0.325 e. The average Bonchev–Trinajstić information content (AvgIpc) is 3.16. The van der Waals surface area contributed by atoms with Gasteiger partial charge in [-0.2, -0.15) is 0 Å². The molecule has 2 fully saturated rings.